The van der Waals surface area contributed by atoms with Gasteiger partial charge in [-0.2, -0.15) is 0 Å². The summed E-state index contributed by atoms with van der Waals surface area (Å²) in [6, 6.07) is 14.5. The maximum absolute atomic E-state index is 12.4. The van der Waals surface area contributed by atoms with Crippen molar-refractivity contribution in [1.29, 1.82) is 0 Å². The van der Waals surface area contributed by atoms with Gasteiger partial charge in [0, 0.05) is 19.0 Å². The molecule has 1 heterocycles. The molecule has 1 atom stereocenters. The van der Waals surface area contributed by atoms with E-state index in [4.69, 9.17) is 11.6 Å². The Balaban J connectivity index is 1.66. The third-order valence-electron chi connectivity index (χ3n) is 4.33. The van der Waals surface area contributed by atoms with Crippen LogP contribution in [0.25, 0.3) is 10.8 Å². The van der Waals surface area contributed by atoms with E-state index >= 15 is 0 Å². The fourth-order valence-corrected chi connectivity index (χ4v) is 3.39. The lowest BCUT2D eigenvalue weighted by molar-refractivity contribution is -0.129. The SMILES string of the molecule is O=C(Cc1ccc2ccccc2c1)N1CCC(CCCl)C1. The monoisotopic (exact) mass is 301 g/mol. The van der Waals surface area contributed by atoms with Gasteiger partial charge in [-0.3, -0.25) is 4.79 Å². The summed E-state index contributed by atoms with van der Waals surface area (Å²) in [4.78, 5) is 14.4. The average molecular weight is 302 g/mol. The van der Waals surface area contributed by atoms with Gasteiger partial charge < -0.3 is 4.90 Å². The summed E-state index contributed by atoms with van der Waals surface area (Å²) in [5.41, 5.74) is 1.10. The number of benzene rings is 2. The molecule has 2 aromatic carbocycles. The van der Waals surface area contributed by atoms with Crippen LogP contribution in [0.15, 0.2) is 42.5 Å². The number of halogens is 1. The summed E-state index contributed by atoms with van der Waals surface area (Å²) >= 11 is 5.79. The van der Waals surface area contributed by atoms with Crippen LogP contribution in [0.5, 0.6) is 0 Å². The van der Waals surface area contributed by atoms with Crippen molar-refractivity contribution in [3.05, 3.63) is 48.0 Å². The van der Waals surface area contributed by atoms with E-state index < -0.39 is 0 Å². The molecule has 0 spiro atoms. The van der Waals surface area contributed by atoms with Gasteiger partial charge in [0.2, 0.25) is 5.91 Å². The van der Waals surface area contributed by atoms with E-state index in [2.05, 4.69) is 30.3 Å². The Hall–Kier alpha value is -1.54. The Morgan fingerprint density at radius 2 is 2.00 bits per heavy atom. The van der Waals surface area contributed by atoms with E-state index in [1.165, 1.54) is 10.8 Å². The van der Waals surface area contributed by atoms with E-state index in [9.17, 15) is 4.79 Å². The zero-order chi connectivity index (χ0) is 14.7. The van der Waals surface area contributed by atoms with Crippen molar-refractivity contribution in [3.8, 4) is 0 Å². The van der Waals surface area contributed by atoms with Crippen molar-refractivity contribution in [1.82, 2.24) is 4.90 Å². The van der Waals surface area contributed by atoms with Crippen LogP contribution in [0.2, 0.25) is 0 Å². The third-order valence-corrected chi connectivity index (χ3v) is 4.54. The first-order valence-corrected chi connectivity index (χ1v) is 8.11. The normalized spacial score (nSPS) is 18.3. The Kier molecular flexibility index (Phi) is 4.45. The largest absolute Gasteiger partial charge is 0.342 e. The van der Waals surface area contributed by atoms with Gasteiger partial charge in [0.15, 0.2) is 0 Å². The molecule has 1 fully saturated rings. The van der Waals surface area contributed by atoms with E-state index in [1.54, 1.807) is 0 Å². The smallest absolute Gasteiger partial charge is 0.226 e. The van der Waals surface area contributed by atoms with Crippen molar-refractivity contribution in [2.75, 3.05) is 19.0 Å². The standard InChI is InChI=1S/C18H20ClNO/c19-9-7-14-8-10-20(13-14)18(21)12-15-5-6-16-3-1-2-4-17(16)11-15/h1-6,11,14H,7-10,12-13H2. The van der Waals surface area contributed by atoms with Crippen LogP contribution in [0.3, 0.4) is 0 Å². The van der Waals surface area contributed by atoms with Crippen LogP contribution < -0.4 is 0 Å². The van der Waals surface area contributed by atoms with Gasteiger partial charge in [0.25, 0.3) is 0 Å². The van der Waals surface area contributed by atoms with Crippen LogP contribution in [0.1, 0.15) is 18.4 Å². The van der Waals surface area contributed by atoms with Crippen LogP contribution in [-0.4, -0.2) is 29.8 Å². The molecule has 1 saturated heterocycles. The van der Waals surface area contributed by atoms with Gasteiger partial charge in [0.1, 0.15) is 0 Å². The maximum Gasteiger partial charge on any atom is 0.226 e. The van der Waals surface area contributed by atoms with Gasteiger partial charge >= 0.3 is 0 Å². The molecule has 1 amide bonds. The van der Waals surface area contributed by atoms with Crippen LogP contribution in [0, 0.1) is 5.92 Å². The molecule has 2 aromatic rings. The molecule has 1 aliphatic heterocycles. The van der Waals surface area contributed by atoms with Gasteiger partial charge in [0.05, 0.1) is 6.42 Å². The summed E-state index contributed by atoms with van der Waals surface area (Å²) in [6.45, 7) is 1.76. The quantitative estimate of drug-likeness (QED) is 0.785. The highest BCUT2D eigenvalue weighted by molar-refractivity contribution is 6.17. The zero-order valence-corrected chi connectivity index (χ0v) is 12.9. The van der Waals surface area contributed by atoms with E-state index in [0.717, 1.165) is 31.5 Å². The van der Waals surface area contributed by atoms with Crippen LogP contribution in [0.4, 0.5) is 0 Å². The Bertz CT molecular complexity index is 640. The molecule has 110 valence electrons. The fraction of sp³-hybridized carbons (Fsp3) is 0.389. The molecule has 3 rings (SSSR count). The van der Waals surface area contributed by atoms with Gasteiger partial charge in [-0.25, -0.2) is 0 Å². The molecule has 1 unspecified atom stereocenters. The highest BCUT2D eigenvalue weighted by atomic mass is 35.5. The predicted octanol–water partition coefficient (Wildman–Crippen LogP) is 3.86. The topological polar surface area (TPSA) is 20.3 Å². The number of amides is 1. The van der Waals surface area contributed by atoms with Crippen molar-refractivity contribution >= 4 is 28.3 Å². The first-order valence-electron chi connectivity index (χ1n) is 7.57. The molecule has 0 radical (unpaired) electrons. The lowest BCUT2D eigenvalue weighted by Gasteiger charge is -2.16. The summed E-state index contributed by atoms with van der Waals surface area (Å²) in [7, 11) is 0. The molecule has 0 N–H and O–H groups in total. The fourth-order valence-electron chi connectivity index (χ4n) is 3.08. The maximum atomic E-state index is 12.4. The van der Waals surface area contributed by atoms with E-state index in [-0.39, 0.29) is 5.91 Å². The Labute approximate surface area is 130 Å². The zero-order valence-electron chi connectivity index (χ0n) is 12.1. The molecule has 0 bridgehead atoms. The molecular formula is C18H20ClNO. The molecule has 1 aliphatic rings. The Morgan fingerprint density at radius 1 is 1.19 bits per heavy atom. The number of fused-ring (bicyclic) bond motifs is 1. The minimum absolute atomic E-state index is 0.238. The lowest BCUT2D eigenvalue weighted by atomic mass is 10.0. The van der Waals surface area contributed by atoms with Gasteiger partial charge in [-0.05, 0) is 35.1 Å². The number of alkyl halides is 1. The summed E-state index contributed by atoms with van der Waals surface area (Å²) in [6.07, 6.45) is 2.61. The first-order chi connectivity index (χ1) is 10.3. The van der Waals surface area contributed by atoms with Crippen molar-refractivity contribution in [3.63, 3.8) is 0 Å². The van der Waals surface area contributed by atoms with Crippen molar-refractivity contribution in [2.24, 2.45) is 5.92 Å². The molecule has 2 nitrogen and oxygen atoms in total. The molecule has 0 aromatic heterocycles. The van der Waals surface area contributed by atoms with Crippen LogP contribution >= 0.6 is 11.6 Å². The number of hydrogen-bond acceptors (Lipinski definition) is 1. The summed E-state index contributed by atoms with van der Waals surface area (Å²) in [5.74, 6) is 1.52. The molecule has 0 saturated carbocycles. The number of rotatable bonds is 4. The van der Waals surface area contributed by atoms with E-state index in [0.29, 0.717) is 18.2 Å². The molecule has 0 aliphatic carbocycles. The molecule has 3 heteroatoms. The minimum atomic E-state index is 0.238. The highest BCUT2D eigenvalue weighted by Crippen LogP contribution is 2.22. The molecule has 21 heavy (non-hydrogen) atoms. The van der Waals surface area contributed by atoms with Crippen LogP contribution in [-0.2, 0) is 11.2 Å². The first kappa shape index (κ1) is 14.4. The number of hydrogen-bond donors (Lipinski definition) is 0. The number of carbonyl (C=O) groups excluding carboxylic acids is 1. The van der Waals surface area contributed by atoms with Crippen molar-refractivity contribution < 1.29 is 4.79 Å². The predicted molar refractivity (Wildman–Crippen MR) is 87.7 cm³/mol. The second kappa shape index (κ2) is 6.48. The third kappa shape index (κ3) is 3.38. The average Bonchev–Trinajstić information content (AvgIpc) is 2.96. The molecular weight excluding hydrogens is 282 g/mol. The highest BCUT2D eigenvalue weighted by Gasteiger charge is 2.25. The minimum Gasteiger partial charge on any atom is -0.342 e. The second-order valence-electron chi connectivity index (χ2n) is 5.83. The number of nitrogens with zero attached hydrogens (tertiary/aromatic N) is 1. The van der Waals surface area contributed by atoms with Gasteiger partial charge in [-0.15, -0.1) is 11.6 Å². The lowest BCUT2D eigenvalue weighted by Crippen LogP contribution is -2.30. The number of likely N-dealkylation sites (tertiary alicyclic amines) is 1. The number of carbonyl (C=O) groups is 1. The van der Waals surface area contributed by atoms with Gasteiger partial charge in [-0.1, -0.05) is 42.5 Å². The second-order valence-corrected chi connectivity index (χ2v) is 6.21. The summed E-state index contributed by atoms with van der Waals surface area (Å²) < 4.78 is 0. The summed E-state index contributed by atoms with van der Waals surface area (Å²) in [5, 5.41) is 2.42. The Morgan fingerprint density at radius 3 is 2.81 bits per heavy atom. The van der Waals surface area contributed by atoms with Crippen molar-refractivity contribution in [2.45, 2.75) is 19.3 Å². The van der Waals surface area contributed by atoms with E-state index in [1.807, 2.05) is 17.0 Å².